The molecule has 5 heteroatoms. The molecule has 1 aliphatic rings. The number of fused-ring (bicyclic) bond motifs is 1. The zero-order chi connectivity index (χ0) is 15.5. The fourth-order valence-corrected chi connectivity index (χ4v) is 2.85. The largest absolute Gasteiger partial charge is 0.396 e. The van der Waals surface area contributed by atoms with Crippen molar-refractivity contribution < 1.29 is 9.90 Å². The smallest absolute Gasteiger partial charge is 0.254 e. The number of nitrogens with one attached hydrogen (secondary N) is 1. The minimum absolute atomic E-state index is 0.0190. The summed E-state index contributed by atoms with van der Waals surface area (Å²) in [4.78, 5) is 14.5. The van der Waals surface area contributed by atoms with E-state index in [4.69, 9.17) is 16.7 Å². The maximum atomic E-state index is 12.8. The third-order valence-electron chi connectivity index (χ3n) is 3.73. The van der Waals surface area contributed by atoms with Crippen LogP contribution in [-0.2, 0) is 4.79 Å². The van der Waals surface area contributed by atoms with Crippen LogP contribution in [0.1, 0.15) is 18.0 Å². The van der Waals surface area contributed by atoms with Crippen molar-refractivity contribution in [2.75, 3.05) is 23.4 Å². The summed E-state index contributed by atoms with van der Waals surface area (Å²) in [5.41, 5.74) is 2.54. The van der Waals surface area contributed by atoms with Gasteiger partial charge < -0.3 is 15.3 Å². The lowest BCUT2D eigenvalue weighted by molar-refractivity contribution is -0.119. The Morgan fingerprint density at radius 3 is 2.68 bits per heavy atom. The molecule has 2 N–H and O–H groups in total. The molecule has 0 fully saturated rings. The van der Waals surface area contributed by atoms with Gasteiger partial charge in [0.2, 0.25) is 0 Å². The van der Waals surface area contributed by atoms with Crippen LogP contribution in [0.4, 0.5) is 11.4 Å². The van der Waals surface area contributed by atoms with E-state index in [1.165, 1.54) is 0 Å². The SMILES string of the molecule is O=C1C(c2ccccc2)Nc2cc(Cl)ccc2N1CCCO. The molecule has 0 spiro atoms. The van der Waals surface area contributed by atoms with E-state index in [-0.39, 0.29) is 12.5 Å². The van der Waals surface area contributed by atoms with Gasteiger partial charge in [0.05, 0.1) is 11.4 Å². The van der Waals surface area contributed by atoms with Crippen LogP contribution in [0.25, 0.3) is 0 Å². The number of carbonyl (C=O) groups excluding carboxylic acids is 1. The quantitative estimate of drug-likeness (QED) is 0.910. The first-order valence-corrected chi connectivity index (χ1v) is 7.62. The monoisotopic (exact) mass is 316 g/mol. The second kappa shape index (κ2) is 6.38. The zero-order valence-corrected chi connectivity index (χ0v) is 12.8. The van der Waals surface area contributed by atoms with Crippen LogP contribution >= 0.6 is 11.6 Å². The van der Waals surface area contributed by atoms with Gasteiger partial charge in [-0.1, -0.05) is 41.9 Å². The molecule has 0 saturated carbocycles. The van der Waals surface area contributed by atoms with Gasteiger partial charge in [-0.15, -0.1) is 0 Å². The summed E-state index contributed by atoms with van der Waals surface area (Å²) in [7, 11) is 0. The molecule has 0 radical (unpaired) electrons. The number of anilines is 2. The lowest BCUT2D eigenvalue weighted by Gasteiger charge is -2.35. The summed E-state index contributed by atoms with van der Waals surface area (Å²) in [6.45, 7) is 0.533. The van der Waals surface area contributed by atoms with E-state index in [9.17, 15) is 4.79 Å². The number of amides is 1. The minimum Gasteiger partial charge on any atom is -0.396 e. The number of rotatable bonds is 4. The van der Waals surface area contributed by atoms with Crippen LogP contribution in [0.3, 0.4) is 0 Å². The molecule has 0 aliphatic carbocycles. The molecule has 1 unspecified atom stereocenters. The van der Waals surface area contributed by atoms with E-state index >= 15 is 0 Å². The highest BCUT2D eigenvalue weighted by Gasteiger charge is 2.33. The third kappa shape index (κ3) is 2.80. The van der Waals surface area contributed by atoms with Gasteiger partial charge in [-0.3, -0.25) is 4.79 Å². The molecular formula is C17H17ClN2O2. The Balaban J connectivity index is 2.01. The Bertz CT molecular complexity index is 676. The molecule has 3 rings (SSSR count). The lowest BCUT2D eigenvalue weighted by atomic mass is 10.0. The highest BCUT2D eigenvalue weighted by molar-refractivity contribution is 6.31. The Morgan fingerprint density at radius 2 is 1.95 bits per heavy atom. The number of halogens is 1. The molecule has 1 atom stereocenters. The summed E-state index contributed by atoms with van der Waals surface area (Å²) >= 11 is 6.08. The first kappa shape index (κ1) is 14.9. The molecule has 0 saturated heterocycles. The predicted octanol–water partition coefficient (Wildman–Crippen LogP) is 3.22. The summed E-state index contributed by atoms with van der Waals surface area (Å²) in [6.07, 6.45) is 0.537. The van der Waals surface area contributed by atoms with Crippen molar-refractivity contribution in [1.29, 1.82) is 0 Å². The van der Waals surface area contributed by atoms with Gasteiger partial charge in [0, 0.05) is 18.2 Å². The van der Waals surface area contributed by atoms with E-state index in [0.717, 1.165) is 16.9 Å². The number of nitrogens with zero attached hydrogens (tertiary/aromatic N) is 1. The Labute approximate surface area is 134 Å². The van der Waals surface area contributed by atoms with Gasteiger partial charge >= 0.3 is 0 Å². The summed E-state index contributed by atoms with van der Waals surface area (Å²) < 4.78 is 0. The molecule has 1 aliphatic heterocycles. The number of aliphatic hydroxyl groups excluding tert-OH is 1. The van der Waals surface area contributed by atoms with Gasteiger partial charge in [0.15, 0.2) is 0 Å². The molecule has 2 aromatic carbocycles. The number of carbonyl (C=O) groups is 1. The zero-order valence-electron chi connectivity index (χ0n) is 12.0. The fraction of sp³-hybridized carbons (Fsp3) is 0.235. The molecule has 1 heterocycles. The topological polar surface area (TPSA) is 52.6 Å². The highest BCUT2D eigenvalue weighted by Crippen LogP contribution is 2.38. The number of hydrogen-bond acceptors (Lipinski definition) is 3. The molecule has 22 heavy (non-hydrogen) atoms. The van der Waals surface area contributed by atoms with Gasteiger partial charge in [0.1, 0.15) is 6.04 Å². The Hall–Kier alpha value is -2.04. The minimum atomic E-state index is -0.439. The van der Waals surface area contributed by atoms with Crippen molar-refractivity contribution >= 4 is 28.9 Å². The highest BCUT2D eigenvalue weighted by atomic mass is 35.5. The van der Waals surface area contributed by atoms with Crippen molar-refractivity contribution in [3.05, 3.63) is 59.1 Å². The molecule has 2 aromatic rings. The van der Waals surface area contributed by atoms with Crippen molar-refractivity contribution in [1.82, 2.24) is 0 Å². The summed E-state index contributed by atoms with van der Waals surface area (Å²) in [5.74, 6) is -0.0190. The molecule has 1 amide bonds. The lowest BCUT2D eigenvalue weighted by Crippen LogP contribution is -2.43. The molecule has 4 nitrogen and oxygen atoms in total. The second-order valence-corrected chi connectivity index (χ2v) is 5.65. The average molecular weight is 317 g/mol. The molecule has 0 aromatic heterocycles. The molecule has 0 bridgehead atoms. The van der Waals surface area contributed by atoms with E-state index in [2.05, 4.69) is 5.32 Å². The van der Waals surface area contributed by atoms with Crippen LogP contribution in [0, 0.1) is 0 Å². The van der Waals surface area contributed by atoms with Crippen LogP contribution in [-0.4, -0.2) is 24.2 Å². The summed E-state index contributed by atoms with van der Waals surface area (Å²) in [6, 6.07) is 14.6. The summed E-state index contributed by atoms with van der Waals surface area (Å²) in [5, 5.41) is 13.0. The fourth-order valence-electron chi connectivity index (χ4n) is 2.68. The normalized spacial score (nSPS) is 17.1. The van der Waals surface area contributed by atoms with Crippen LogP contribution in [0.15, 0.2) is 48.5 Å². The van der Waals surface area contributed by atoms with Crippen LogP contribution in [0.5, 0.6) is 0 Å². The maximum Gasteiger partial charge on any atom is 0.254 e. The first-order chi connectivity index (χ1) is 10.7. The number of aliphatic hydroxyl groups is 1. The van der Waals surface area contributed by atoms with Crippen molar-refractivity contribution in [3.63, 3.8) is 0 Å². The predicted molar refractivity (Wildman–Crippen MR) is 88.3 cm³/mol. The van der Waals surface area contributed by atoms with Gasteiger partial charge in [-0.2, -0.15) is 0 Å². The van der Waals surface area contributed by atoms with E-state index < -0.39 is 6.04 Å². The average Bonchev–Trinajstić information content (AvgIpc) is 2.54. The first-order valence-electron chi connectivity index (χ1n) is 7.24. The van der Waals surface area contributed by atoms with E-state index in [1.54, 1.807) is 11.0 Å². The van der Waals surface area contributed by atoms with E-state index in [0.29, 0.717) is 18.0 Å². The molecular weight excluding hydrogens is 300 g/mol. The maximum absolute atomic E-state index is 12.8. The van der Waals surface area contributed by atoms with Crippen molar-refractivity contribution in [2.45, 2.75) is 12.5 Å². The number of benzene rings is 2. The number of hydrogen-bond donors (Lipinski definition) is 2. The second-order valence-electron chi connectivity index (χ2n) is 5.22. The van der Waals surface area contributed by atoms with Crippen LogP contribution < -0.4 is 10.2 Å². The van der Waals surface area contributed by atoms with Gasteiger partial charge in [0.25, 0.3) is 5.91 Å². The van der Waals surface area contributed by atoms with E-state index in [1.807, 2.05) is 42.5 Å². The third-order valence-corrected chi connectivity index (χ3v) is 3.97. The standard InChI is InChI=1S/C17H17ClN2O2/c18-13-7-8-15-14(11-13)19-16(12-5-2-1-3-6-12)17(22)20(15)9-4-10-21/h1-3,5-8,11,16,19,21H,4,9-10H2. The van der Waals surface area contributed by atoms with Gasteiger partial charge in [-0.25, -0.2) is 0 Å². The van der Waals surface area contributed by atoms with Gasteiger partial charge in [-0.05, 0) is 30.2 Å². The van der Waals surface area contributed by atoms with Crippen molar-refractivity contribution in [2.24, 2.45) is 0 Å². The van der Waals surface area contributed by atoms with Crippen LogP contribution in [0.2, 0.25) is 5.02 Å². The Kier molecular flexibility index (Phi) is 4.32. The van der Waals surface area contributed by atoms with Crippen molar-refractivity contribution in [3.8, 4) is 0 Å². The Morgan fingerprint density at radius 1 is 1.18 bits per heavy atom. The molecule has 114 valence electrons.